The highest BCUT2D eigenvalue weighted by atomic mass is 35.5. The molecule has 1 fully saturated rings. The van der Waals surface area contributed by atoms with Crippen molar-refractivity contribution in [2.24, 2.45) is 0 Å². The van der Waals surface area contributed by atoms with Crippen molar-refractivity contribution >= 4 is 40.9 Å². The lowest BCUT2D eigenvalue weighted by molar-refractivity contribution is -0.194. The van der Waals surface area contributed by atoms with Crippen LogP contribution in [0.25, 0.3) is 0 Å². The second-order valence-corrected chi connectivity index (χ2v) is 9.36. The molecule has 0 spiro atoms. The SMILES string of the molecule is CC.CCOC(=O)C(Cc1ccc(C)cc1)(OCC1CC(F)C(N2CNc3c(N)nc(Cl)nc32)O1)C(=O)OCC. The van der Waals surface area contributed by atoms with Gasteiger partial charge in [-0.15, -0.1) is 0 Å². The van der Waals surface area contributed by atoms with E-state index in [1.165, 1.54) is 0 Å². The average molecular weight is 582 g/mol. The van der Waals surface area contributed by atoms with Gasteiger partial charge in [-0.2, -0.15) is 9.97 Å². The number of esters is 2. The summed E-state index contributed by atoms with van der Waals surface area (Å²) >= 11 is 5.95. The summed E-state index contributed by atoms with van der Waals surface area (Å²) in [5.41, 5.74) is 5.92. The number of fused-ring (bicyclic) bond motifs is 1. The van der Waals surface area contributed by atoms with Gasteiger partial charge in [-0.05, 0) is 37.9 Å². The van der Waals surface area contributed by atoms with Crippen LogP contribution in [0.3, 0.4) is 0 Å². The predicted octanol–water partition coefficient (Wildman–Crippen LogP) is 3.81. The Kier molecular flexibility index (Phi) is 10.9. The molecule has 13 heteroatoms. The summed E-state index contributed by atoms with van der Waals surface area (Å²) < 4.78 is 37.7. The largest absolute Gasteiger partial charge is 0.463 e. The maximum absolute atomic E-state index is 15.2. The number of anilines is 3. The Bertz CT molecular complexity index is 1150. The van der Waals surface area contributed by atoms with Gasteiger partial charge in [0.25, 0.3) is 5.60 Å². The van der Waals surface area contributed by atoms with Gasteiger partial charge in [-0.25, -0.2) is 14.0 Å². The summed E-state index contributed by atoms with van der Waals surface area (Å²) in [6.45, 7) is 9.15. The Morgan fingerprint density at radius 2 is 1.80 bits per heavy atom. The Labute approximate surface area is 238 Å². The quantitative estimate of drug-likeness (QED) is 0.240. The van der Waals surface area contributed by atoms with Crippen LogP contribution < -0.4 is 16.0 Å². The normalized spacial score (nSPS) is 19.8. The van der Waals surface area contributed by atoms with Crippen molar-refractivity contribution in [3.8, 4) is 0 Å². The molecule has 4 rings (SSSR count). The van der Waals surface area contributed by atoms with Gasteiger partial charge in [-0.3, -0.25) is 0 Å². The van der Waals surface area contributed by atoms with Gasteiger partial charge in [0.1, 0.15) is 11.9 Å². The van der Waals surface area contributed by atoms with Gasteiger partial charge < -0.3 is 34.9 Å². The smallest absolute Gasteiger partial charge is 0.350 e. The zero-order valence-corrected chi connectivity index (χ0v) is 24.2. The van der Waals surface area contributed by atoms with E-state index in [0.717, 1.165) is 5.56 Å². The standard InChI is InChI=1S/C25H31ClFN5O6.C2H6/c1-4-35-22(33)25(23(34)36-5-2,11-15-8-6-14(3)7-9-15)37-12-16-10-17(27)21(38-16)32-13-29-18-19(28)30-24(26)31-20(18)32;1-2/h6-9,16-17,21,29H,4-5,10-13H2,1-3H3,(H2,28,30,31);1-2H3. The Morgan fingerprint density at radius 1 is 1.18 bits per heavy atom. The number of ether oxygens (including phenoxy) is 4. The maximum atomic E-state index is 15.2. The van der Waals surface area contributed by atoms with Crippen LogP contribution in [0.15, 0.2) is 24.3 Å². The number of aromatic nitrogens is 2. The number of hydrogen-bond acceptors (Lipinski definition) is 11. The van der Waals surface area contributed by atoms with E-state index in [4.69, 9.17) is 36.3 Å². The van der Waals surface area contributed by atoms with Crippen molar-refractivity contribution in [1.82, 2.24) is 9.97 Å². The number of carbonyl (C=O) groups is 2. The molecule has 3 unspecified atom stereocenters. The number of alkyl halides is 1. The molecule has 2 aliphatic rings. The third-order valence-electron chi connectivity index (χ3n) is 6.33. The Hall–Kier alpha value is -3.22. The number of nitrogen functional groups attached to an aromatic ring is 1. The fourth-order valence-corrected chi connectivity index (χ4v) is 4.64. The minimum atomic E-state index is -2.09. The summed E-state index contributed by atoms with van der Waals surface area (Å²) in [7, 11) is 0. The molecule has 2 aromatic rings. The summed E-state index contributed by atoms with van der Waals surface area (Å²) in [6, 6.07) is 7.31. The molecule has 0 amide bonds. The lowest BCUT2D eigenvalue weighted by Gasteiger charge is -2.31. The van der Waals surface area contributed by atoms with Gasteiger partial charge in [-0.1, -0.05) is 43.7 Å². The molecule has 0 radical (unpaired) electrons. The van der Waals surface area contributed by atoms with E-state index in [-0.39, 0.29) is 50.4 Å². The molecule has 1 aromatic carbocycles. The fraction of sp³-hybridized carbons (Fsp3) is 0.556. The zero-order chi connectivity index (χ0) is 29.4. The highest BCUT2D eigenvalue weighted by Gasteiger charge is 2.52. The van der Waals surface area contributed by atoms with Gasteiger partial charge in [0.15, 0.2) is 17.9 Å². The molecule has 2 aliphatic heterocycles. The lowest BCUT2D eigenvalue weighted by atomic mass is 9.93. The number of halogens is 2. The third-order valence-corrected chi connectivity index (χ3v) is 6.49. The molecular weight excluding hydrogens is 545 g/mol. The molecule has 40 heavy (non-hydrogen) atoms. The monoisotopic (exact) mass is 581 g/mol. The van der Waals surface area contributed by atoms with Crippen LogP contribution in [0, 0.1) is 6.92 Å². The molecule has 3 N–H and O–H groups in total. The molecule has 0 aliphatic carbocycles. The first kappa shape index (κ1) is 31.3. The van der Waals surface area contributed by atoms with Crippen LogP contribution in [0.2, 0.25) is 5.28 Å². The first-order valence-corrected chi connectivity index (χ1v) is 13.7. The van der Waals surface area contributed by atoms with Crippen molar-refractivity contribution in [3.05, 3.63) is 40.7 Å². The summed E-state index contributed by atoms with van der Waals surface area (Å²) in [5, 5.41) is 2.94. The number of benzene rings is 1. The van der Waals surface area contributed by atoms with Gasteiger partial charge in [0, 0.05) is 12.8 Å². The number of aryl methyl sites for hydroxylation is 1. The zero-order valence-electron chi connectivity index (χ0n) is 23.4. The molecule has 1 saturated heterocycles. The second kappa shape index (κ2) is 13.9. The highest BCUT2D eigenvalue weighted by molar-refractivity contribution is 6.28. The fourth-order valence-electron chi connectivity index (χ4n) is 4.47. The predicted molar refractivity (Wildman–Crippen MR) is 149 cm³/mol. The molecule has 3 atom stereocenters. The number of nitrogens with zero attached hydrogens (tertiary/aromatic N) is 3. The molecule has 0 bridgehead atoms. The van der Waals surface area contributed by atoms with Crippen LogP contribution in [0.1, 0.15) is 45.2 Å². The van der Waals surface area contributed by atoms with Crippen LogP contribution in [-0.2, 0) is 35.0 Å². The van der Waals surface area contributed by atoms with Gasteiger partial charge in [0.2, 0.25) is 5.28 Å². The van der Waals surface area contributed by atoms with Crippen molar-refractivity contribution in [3.63, 3.8) is 0 Å². The number of nitrogens with one attached hydrogen (secondary N) is 1. The van der Waals surface area contributed by atoms with Gasteiger partial charge in [0.05, 0.1) is 32.6 Å². The Morgan fingerprint density at radius 3 is 2.40 bits per heavy atom. The van der Waals surface area contributed by atoms with Crippen LogP contribution in [-0.4, -0.2) is 72.5 Å². The number of hydrogen-bond donors (Lipinski definition) is 2. The van der Waals surface area contributed by atoms with Crippen molar-refractivity contribution in [1.29, 1.82) is 0 Å². The minimum Gasteiger partial charge on any atom is -0.463 e. The molecular formula is C27H37ClFN5O6. The van der Waals surface area contributed by atoms with Crippen LogP contribution in [0.5, 0.6) is 0 Å². The van der Waals surface area contributed by atoms with E-state index in [1.54, 1.807) is 30.9 Å². The molecule has 3 heterocycles. The Balaban J connectivity index is 0.00000216. The molecule has 220 valence electrons. The number of nitrogens with two attached hydrogens (primary N) is 1. The topological polar surface area (TPSA) is 138 Å². The van der Waals surface area contributed by atoms with E-state index in [9.17, 15) is 9.59 Å². The molecule has 11 nitrogen and oxygen atoms in total. The molecule has 0 saturated carbocycles. The maximum Gasteiger partial charge on any atom is 0.350 e. The van der Waals surface area contributed by atoms with Crippen molar-refractivity contribution < 1.29 is 32.9 Å². The molecule has 1 aromatic heterocycles. The van der Waals surface area contributed by atoms with Crippen molar-refractivity contribution in [2.75, 3.05) is 42.4 Å². The summed E-state index contributed by atoms with van der Waals surface area (Å²) in [4.78, 5) is 36.0. The lowest BCUT2D eigenvalue weighted by Crippen LogP contribution is -2.54. The number of carbonyl (C=O) groups excluding carboxylic acids is 2. The van der Waals surface area contributed by atoms with E-state index >= 15 is 4.39 Å². The van der Waals surface area contributed by atoms with Gasteiger partial charge >= 0.3 is 11.9 Å². The van der Waals surface area contributed by atoms with E-state index in [1.807, 2.05) is 32.9 Å². The summed E-state index contributed by atoms with van der Waals surface area (Å²) in [6.07, 6.45) is -3.41. The first-order valence-electron chi connectivity index (χ1n) is 13.4. The summed E-state index contributed by atoms with van der Waals surface area (Å²) in [5.74, 6) is -1.31. The van der Waals surface area contributed by atoms with Crippen LogP contribution in [0.4, 0.5) is 21.7 Å². The van der Waals surface area contributed by atoms with Crippen molar-refractivity contribution in [2.45, 2.75) is 71.6 Å². The van der Waals surface area contributed by atoms with Crippen LogP contribution >= 0.6 is 11.6 Å². The first-order chi connectivity index (χ1) is 19.2. The third kappa shape index (κ3) is 6.73. The number of rotatable bonds is 10. The second-order valence-electron chi connectivity index (χ2n) is 9.02. The van der Waals surface area contributed by atoms with E-state index < -0.39 is 36.0 Å². The van der Waals surface area contributed by atoms with E-state index in [2.05, 4.69) is 15.3 Å². The van der Waals surface area contributed by atoms with E-state index in [0.29, 0.717) is 17.1 Å². The minimum absolute atomic E-state index is 0.0285. The highest BCUT2D eigenvalue weighted by Crippen LogP contribution is 2.39. The average Bonchev–Trinajstić information content (AvgIpc) is 3.52.